The third kappa shape index (κ3) is 3.67. The number of esters is 1. The van der Waals surface area contributed by atoms with Crippen LogP contribution in [0.2, 0.25) is 0 Å². The van der Waals surface area contributed by atoms with Gasteiger partial charge in [0.05, 0.1) is 23.5 Å². The maximum absolute atomic E-state index is 13.1. The van der Waals surface area contributed by atoms with Crippen LogP contribution in [-0.4, -0.2) is 32.3 Å². The SMILES string of the molecule is COC(=O)C1=C(N)N(c2ccc(S(N)(=O)=O)cc2)C2=C(C(=O)CCC2)[C@@H]1c1cccnc1. The summed E-state index contributed by atoms with van der Waals surface area (Å²) < 4.78 is 28.3. The molecule has 2 heterocycles. The Balaban J connectivity index is 1.96. The molecule has 1 aliphatic carbocycles. The Morgan fingerprint density at radius 2 is 1.91 bits per heavy atom. The quantitative estimate of drug-likeness (QED) is 0.664. The Morgan fingerprint density at radius 1 is 1.19 bits per heavy atom. The lowest BCUT2D eigenvalue weighted by Crippen LogP contribution is -2.41. The van der Waals surface area contributed by atoms with Gasteiger partial charge in [0.15, 0.2) is 5.78 Å². The average Bonchev–Trinajstić information content (AvgIpc) is 2.78. The van der Waals surface area contributed by atoms with Gasteiger partial charge in [-0.15, -0.1) is 0 Å². The van der Waals surface area contributed by atoms with Crippen LogP contribution in [0.3, 0.4) is 0 Å². The van der Waals surface area contributed by atoms with E-state index in [0.29, 0.717) is 41.8 Å². The Kier molecular flexibility index (Phi) is 5.57. The molecule has 0 radical (unpaired) electrons. The van der Waals surface area contributed by atoms with Crippen molar-refractivity contribution in [2.24, 2.45) is 10.9 Å². The van der Waals surface area contributed by atoms with Crippen LogP contribution in [0.4, 0.5) is 5.69 Å². The fraction of sp³-hybridized carbons (Fsp3) is 0.227. The van der Waals surface area contributed by atoms with Crippen LogP contribution in [0.5, 0.6) is 0 Å². The highest BCUT2D eigenvalue weighted by atomic mass is 32.2. The minimum Gasteiger partial charge on any atom is -0.466 e. The standard InChI is InChI=1S/C22H22N4O5S/c1-31-22(28)20-18(13-4-3-11-25-12-13)19-16(5-2-6-17(19)27)26(21(20)23)14-7-9-15(10-8-14)32(24,29)30/h3-4,7-12,18H,2,5-6,23H2,1H3,(H2,24,29,30)/t18-/m0/s1. The molecular formula is C22H22N4O5S. The summed E-state index contributed by atoms with van der Waals surface area (Å²) in [7, 11) is -2.63. The van der Waals surface area contributed by atoms with Crippen molar-refractivity contribution in [3.05, 3.63) is 77.0 Å². The maximum Gasteiger partial charge on any atom is 0.338 e. The summed E-state index contributed by atoms with van der Waals surface area (Å²) in [6, 6.07) is 9.30. The van der Waals surface area contributed by atoms with Gasteiger partial charge >= 0.3 is 5.97 Å². The van der Waals surface area contributed by atoms with Gasteiger partial charge in [-0.05, 0) is 48.7 Å². The number of sulfonamides is 1. The number of carbonyl (C=O) groups excluding carboxylic acids is 2. The molecule has 166 valence electrons. The van der Waals surface area contributed by atoms with Gasteiger partial charge in [0.25, 0.3) is 0 Å². The summed E-state index contributed by atoms with van der Waals surface area (Å²) in [5.41, 5.74) is 8.96. The third-order valence-corrected chi connectivity index (χ3v) is 6.57. The Labute approximate surface area is 185 Å². The van der Waals surface area contributed by atoms with Crippen molar-refractivity contribution in [3.8, 4) is 0 Å². The maximum atomic E-state index is 13.1. The number of benzene rings is 1. The number of pyridine rings is 1. The Hall–Kier alpha value is -3.50. The minimum absolute atomic E-state index is 0.0591. The molecule has 10 heteroatoms. The van der Waals surface area contributed by atoms with Crippen LogP contribution in [0.25, 0.3) is 0 Å². The largest absolute Gasteiger partial charge is 0.466 e. The van der Waals surface area contributed by atoms with Crippen LogP contribution in [-0.2, 0) is 24.3 Å². The summed E-state index contributed by atoms with van der Waals surface area (Å²) >= 11 is 0. The predicted octanol–water partition coefficient (Wildman–Crippen LogP) is 1.68. The predicted molar refractivity (Wildman–Crippen MR) is 116 cm³/mol. The number of aromatic nitrogens is 1. The van der Waals surface area contributed by atoms with Crippen LogP contribution >= 0.6 is 0 Å². The fourth-order valence-corrected chi connectivity index (χ4v) is 4.77. The number of Topliss-reactive ketones (excluding diaryl/α,β-unsaturated/α-hetero) is 1. The zero-order valence-electron chi connectivity index (χ0n) is 17.3. The second-order valence-electron chi connectivity index (χ2n) is 7.52. The zero-order valence-corrected chi connectivity index (χ0v) is 18.1. The van der Waals surface area contributed by atoms with Gasteiger partial charge in [0.1, 0.15) is 5.82 Å². The molecule has 4 rings (SSSR count). The number of hydrogen-bond donors (Lipinski definition) is 2. The van der Waals surface area contributed by atoms with Crippen molar-refractivity contribution in [1.82, 2.24) is 4.98 Å². The second-order valence-corrected chi connectivity index (χ2v) is 9.08. The Bertz CT molecular complexity index is 1250. The molecule has 0 spiro atoms. The van der Waals surface area contributed by atoms with Crippen molar-refractivity contribution >= 4 is 27.5 Å². The second kappa shape index (κ2) is 8.21. The molecule has 1 aromatic heterocycles. The summed E-state index contributed by atoms with van der Waals surface area (Å²) in [6.07, 6.45) is 4.74. The van der Waals surface area contributed by atoms with E-state index in [1.165, 1.54) is 31.4 Å². The van der Waals surface area contributed by atoms with Crippen LogP contribution in [0, 0.1) is 0 Å². The lowest BCUT2D eigenvalue weighted by atomic mass is 9.75. The number of nitrogens with two attached hydrogens (primary N) is 2. The normalized spacial score (nSPS) is 19.1. The number of methoxy groups -OCH3 is 1. The molecule has 2 aromatic rings. The van der Waals surface area contributed by atoms with Crippen molar-refractivity contribution in [2.45, 2.75) is 30.1 Å². The first kappa shape index (κ1) is 21.7. The van der Waals surface area contributed by atoms with Gasteiger partial charge in [-0.3, -0.25) is 14.7 Å². The van der Waals surface area contributed by atoms with Crippen molar-refractivity contribution in [2.75, 3.05) is 12.0 Å². The van der Waals surface area contributed by atoms with E-state index in [4.69, 9.17) is 15.6 Å². The van der Waals surface area contributed by atoms with E-state index in [-0.39, 0.29) is 22.1 Å². The van der Waals surface area contributed by atoms with E-state index in [1.54, 1.807) is 29.4 Å². The summed E-state index contributed by atoms with van der Waals surface area (Å²) in [5.74, 6) is -1.34. The molecule has 0 bridgehead atoms. The molecule has 0 amide bonds. The van der Waals surface area contributed by atoms with E-state index >= 15 is 0 Å². The highest BCUT2D eigenvalue weighted by Crippen LogP contribution is 2.46. The van der Waals surface area contributed by atoms with Crippen molar-refractivity contribution in [1.29, 1.82) is 0 Å². The van der Waals surface area contributed by atoms with E-state index in [0.717, 1.165) is 0 Å². The molecule has 9 nitrogen and oxygen atoms in total. The molecule has 4 N–H and O–H groups in total. The van der Waals surface area contributed by atoms with Crippen LogP contribution < -0.4 is 15.8 Å². The Morgan fingerprint density at radius 3 is 2.50 bits per heavy atom. The minimum atomic E-state index is -3.88. The van der Waals surface area contributed by atoms with E-state index in [1.807, 2.05) is 0 Å². The van der Waals surface area contributed by atoms with Crippen molar-refractivity contribution < 1.29 is 22.7 Å². The first-order valence-corrected chi connectivity index (χ1v) is 11.5. The van der Waals surface area contributed by atoms with E-state index in [2.05, 4.69) is 4.98 Å². The van der Waals surface area contributed by atoms with Gasteiger partial charge in [0.2, 0.25) is 10.0 Å². The molecule has 1 aliphatic heterocycles. The van der Waals surface area contributed by atoms with E-state index < -0.39 is 21.9 Å². The molecule has 0 unspecified atom stereocenters. The fourth-order valence-electron chi connectivity index (χ4n) is 4.26. The van der Waals surface area contributed by atoms with Crippen LogP contribution in [0.15, 0.2) is 76.4 Å². The molecule has 0 saturated carbocycles. The number of nitrogens with zero attached hydrogens (tertiary/aromatic N) is 2. The van der Waals surface area contributed by atoms with Gasteiger partial charge in [-0.25, -0.2) is 18.4 Å². The number of ether oxygens (including phenoxy) is 1. The highest BCUT2D eigenvalue weighted by molar-refractivity contribution is 7.89. The monoisotopic (exact) mass is 454 g/mol. The van der Waals surface area contributed by atoms with Crippen LogP contribution in [0.1, 0.15) is 30.7 Å². The molecule has 2 aliphatic rings. The van der Waals surface area contributed by atoms with Crippen molar-refractivity contribution in [3.63, 3.8) is 0 Å². The van der Waals surface area contributed by atoms with Gasteiger partial charge in [-0.2, -0.15) is 0 Å². The van der Waals surface area contributed by atoms with Gasteiger partial charge in [-0.1, -0.05) is 6.07 Å². The number of rotatable bonds is 4. The number of ketones is 1. The van der Waals surface area contributed by atoms with E-state index in [9.17, 15) is 18.0 Å². The van der Waals surface area contributed by atoms with Gasteiger partial charge in [0, 0.05) is 35.8 Å². The summed E-state index contributed by atoms with van der Waals surface area (Å²) in [4.78, 5) is 31.7. The smallest absolute Gasteiger partial charge is 0.338 e. The molecular weight excluding hydrogens is 432 g/mol. The number of carbonyl (C=O) groups is 2. The summed E-state index contributed by atoms with van der Waals surface area (Å²) in [6.45, 7) is 0. The average molecular weight is 455 g/mol. The molecule has 0 saturated heterocycles. The van der Waals surface area contributed by atoms with Gasteiger partial charge < -0.3 is 10.5 Å². The summed E-state index contributed by atoms with van der Waals surface area (Å²) in [5, 5.41) is 5.20. The number of primary sulfonamides is 1. The topological polar surface area (TPSA) is 146 Å². The number of anilines is 1. The lowest BCUT2D eigenvalue weighted by Gasteiger charge is -2.40. The molecule has 32 heavy (non-hydrogen) atoms. The molecule has 0 fully saturated rings. The number of hydrogen-bond acceptors (Lipinski definition) is 8. The first-order chi connectivity index (χ1) is 15.2. The number of allylic oxidation sites excluding steroid dienone is 2. The molecule has 1 aromatic carbocycles. The third-order valence-electron chi connectivity index (χ3n) is 5.64. The lowest BCUT2D eigenvalue weighted by molar-refractivity contribution is -0.136. The zero-order chi connectivity index (χ0) is 23.0. The highest BCUT2D eigenvalue weighted by Gasteiger charge is 2.43. The first-order valence-electron chi connectivity index (χ1n) is 9.91. The molecule has 1 atom stereocenters.